The van der Waals surface area contributed by atoms with Gasteiger partial charge in [0.05, 0.1) is 11.0 Å². The van der Waals surface area contributed by atoms with Crippen LogP contribution in [0.2, 0.25) is 0 Å². The van der Waals surface area contributed by atoms with Crippen LogP contribution < -0.4 is 4.90 Å². The van der Waals surface area contributed by atoms with Gasteiger partial charge in [-0.05, 0) is 24.3 Å². The summed E-state index contributed by atoms with van der Waals surface area (Å²) in [4.78, 5) is 1.29. The highest BCUT2D eigenvalue weighted by molar-refractivity contribution is 5.74. The summed E-state index contributed by atoms with van der Waals surface area (Å²) in [5, 5.41) is 17.3. The number of rotatable bonds is 6. The number of hydrogen-bond donors (Lipinski definition) is 1. The minimum absolute atomic E-state index is 0.684. The fourth-order valence-electron chi connectivity index (χ4n) is 3.54. The normalized spacial score (nSPS) is 11.6. The first kappa shape index (κ1) is 16.6. The summed E-state index contributed by atoms with van der Waals surface area (Å²) in [5.74, 6) is 0. The van der Waals surface area contributed by atoms with Crippen LogP contribution in [0.15, 0.2) is 78.9 Å². The number of quaternary nitrogens is 1. The van der Waals surface area contributed by atoms with Gasteiger partial charge in [0, 0.05) is 5.56 Å². The molecule has 0 aliphatic rings. The molecule has 0 fully saturated rings. The highest BCUT2D eigenvalue weighted by Crippen LogP contribution is 2.10. The lowest BCUT2D eigenvalue weighted by Gasteiger charge is -2.19. The van der Waals surface area contributed by atoms with Crippen molar-refractivity contribution < 1.29 is 4.90 Å². The number of nitrogens with one attached hydrogen (secondary N) is 1. The summed E-state index contributed by atoms with van der Waals surface area (Å²) < 4.78 is 3.93. The first-order valence-corrected chi connectivity index (χ1v) is 9.31. The predicted octanol–water partition coefficient (Wildman–Crippen LogP) is 1.88. The lowest BCUT2D eigenvalue weighted by atomic mass is 10.2. The molecule has 28 heavy (non-hydrogen) atoms. The van der Waals surface area contributed by atoms with E-state index in [4.69, 9.17) is 0 Å². The summed E-state index contributed by atoms with van der Waals surface area (Å²) in [6, 6.07) is 26.6. The summed E-state index contributed by atoms with van der Waals surface area (Å²) in [6.07, 6.45) is 0. The van der Waals surface area contributed by atoms with E-state index in [1.54, 1.807) is 0 Å². The fourth-order valence-corrected chi connectivity index (χ4v) is 3.54. The zero-order valence-corrected chi connectivity index (χ0v) is 15.3. The summed E-state index contributed by atoms with van der Waals surface area (Å²) in [6.45, 7) is 2.22. The Morgan fingerprint density at radius 3 is 1.68 bits per heavy atom. The maximum absolute atomic E-state index is 4.37. The SMILES string of the molecule is c1ccc(C[NH+](Cn2nnc3ccccc32)Cn2nnc3ccccc32)cc1. The van der Waals surface area contributed by atoms with Crippen LogP contribution in [-0.4, -0.2) is 30.0 Å². The van der Waals surface area contributed by atoms with E-state index in [1.807, 2.05) is 51.8 Å². The largest absolute Gasteiger partial charge is 0.294 e. The van der Waals surface area contributed by atoms with Gasteiger partial charge in [-0.25, -0.2) is 0 Å². The van der Waals surface area contributed by atoms with Crippen molar-refractivity contribution >= 4 is 22.1 Å². The van der Waals surface area contributed by atoms with Crippen molar-refractivity contribution in [3.8, 4) is 0 Å². The summed E-state index contributed by atoms with van der Waals surface area (Å²) >= 11 is 0. The van der Waals surface area contributed by atoms with E-state index in [0.717, 1.165) is 28.6 Å². The van der Waals surface area contributed by atoms with Gasteiger partial charge in [-0.3, -0.25) is 4.90 Å². The minimum atomic E-state index is 0.684. The van der Waals surface area contributed by atoms with E-state index in [2.05, 4.69) is 57.0 Å². The van der Waals surface area contributed by atoms with Gasteiger partial charge in [0.1, 0.15) is 17.6 Å². The van der Waals surface area contributed by atoms with E-state index in [0.29, 0.717) is 13.3 Å². The van der Waals surface area contributed by atoms with Crippen molar-refractivity contribution in [3.05, 3.63) is 84.4 Å². The molecule has 2 aromatic heterocycles. The Morgan fingerprint density at radius 2 is 1.11 bits per heavy atom. The highest BCUT2D eigenvalue weighted by Gasteiger charge is 2.16. The van der Waals surface area contributed by atoms with Crippen molar-refractivity contribution in [2.24, 2.45) is 0 Å². The van der Waals surface area contributed by atoms with E-state index in [1.165, 1.54) is 10.5 Å². The monoisotopic (exact) mass is 370 g/mol. The van der Waals surface area contributed by atoms with Crippen LogP contribution in [0.5, 0.6) is 0 Å². The predicted molar refractivity (Wildman–Crippen MR) is 106 cm³/mol. The molecule has 0 aliphatic heterocycles. The minimum Gasteiger partial charge on any atom is -0.294 e. The molecule has 7 nitrogen and oxygen atoms in total. The Bertz CT molecular complexity index is 1130. The average Bonchev–Trinajstić information content (AvgIpc) is 3.34. The molecule has 0 radical (unpaired) electrons. The van der Waals surface area contributed by atoms with E-state index >= 15 is 0 Å². The van der Waals surface area contributed by atoms with Crippen LogP contribution in [0.25, 0.3) is 22.1 Å². The molecule has 1 N–H and O–H groups in total. The first-order chi connectivity index (χ1) is 13.9. The fraction of sp³-hybridized carbons (Fsp3) is 0.143. The lowest BCUT2D eigenvalue weighted by Crippen LogP contribution is -3.09. The molecule has 2 heterocycles. The molecule has 0 saturated carbocycles. The van der Waals surface area contributed by atoms with Crippen LogP contribution in [0.1, 0.15) is 5.56 Å². The third-order valence-corrected chi connectivity index (χ3v) is 4.88. The lowest BCUT2D eigenvalue weighted by molar-refractivity contribution is -0.958. The molecule has 0 bridgehead atoms. The van der Waals surface area contributed by atoms with Crippen molar-refractivity contribution in [2.75, 3.05) is 0 Å². The number of benzene rings is 3. The smallest absolute Gasteiger partial charge is 0.177 e. The van der Waals surface area contributed by atoms with E-state index < -0.39 is 0 Å². The van der Waals surface area contributed by atoms with Gasteiger partial charge in [0.2, 0.25) is 0 Å². The molecule has 7 heteroatoms. The molecule has 0 spiro atoms. The Labute approximate surface area is 161 Å². The van der Waals surface area contributed by atoms with Crippen LogP contribution >= 0.6 is 0 Å². The number of fused-ring (bicyclic) bond motifs is 2. The highest BCUT2D eigenvalue weighted by atomic mass is 15.5. The van der Waals surface area contributed by atoms with Gasteiger partial charge in [-0.15, -0.1) is 10.2 Å². The molecule has 5 rings (SSSR count). The van der Waals surface area contributed by atoms with Gasteiger partial charge in [-0.2, -0.15) is 9.36 Å². The molecule has 0 unspecified atom stereocenters. The number of nitrogens with zero attached hydrogens (tertiary/aromatic N) is 6. The van der Waals surface area contributed by atoms with Crippen LogP contribution in [0.4, 0.5) is 0 Å². The van der Waals surface area contributed by atoms with Crippen LogP contribution in [0.3, 0.4) is 0 Å². The molecule has 0 aliphatic carbocycles. The zero-order chi connectivity index (χ0) is 18.8. The summed E-state index contributed by atoms with van der Waals surface area (Å²) in [7, 11) is 0. The number of hydrogen-bond acceptors (Lipinski definition) is 4. The average molecular weight is 370 g/mol. The standard InChI is InChI=1S/C21H19N7/c1-2-8-17(9-3-1)14-26(15-27-20-12-6-4-10-18(20)22-24-27)16-28-21-13-7-5-11-19(21)23-25-28/h1-13H,14-16H2/p+1. The van der Waals surface area contributed by atoms with Gasteiger partial charge in [-0.1, -0.05) is 65.0 Å². The van der Waals surface area contributed by atoms with Crippen molar-refractivity contribution in [3.63, 3.8) is 0 Å². The Hall–Kier alpha value is -3.58. The van der Waals surface area contributed by atoms with E-state index in [-0.39, 0.29) is 0 Å². The molecule has 0 atom stereocenters. The van der Waals surface area contributed by atoms with E-state index in [9.17, 15) is 0 Å². The topological polar surface area (TPSA) is 65.9 Å². The second kappa shape index (κ2) is 7.21. The second-order valence-corrected chi connectivity index (χ2v) is 6.88. The molecule has 0 amide bonds. The van der Waals surface area contributed by atoms with Gasteiger partial charge in [0.15, 0.2) is 13.3 Å². The molecule has 3 aromatic carbocycles. The van der Waals surface area contributed by atoms with Gasteiger partial charge in [0.25, 0.3) is 0 Å². The molecule has 5 aromatic rings. The van der Waals surface area contributed by atoms with Crippen LogP contribution in [0, 0.1) is 0 Å². The molecular weight excluding hydrogens is 350 g/mol. The zero-order valence-electron chi connectivity index (χ0n) is 15.3. The van der Waals surface area contributed by atoms with Crippen LogP contribution in [-0.2, 0) is 19.9 Å². The quantitative estimate of drug-likeness (QED) is 0.496. The number of aromatic nitrogens is 6. The maximum Gasteiger partial charge on any atom is 0.177 e. The summed E-state index contributed by atoms with van der Waals surface area (Å²) in [5.41, 5.74) is 5.17. The third kappa shape index (κ3) is 3.23. The molecule has 0 saturated heterocycles. The Kier molecular flexibility index (Phi) is 4.27. The van der Waals surface area contributed by atoms with Crippen molar-refractivity contribution in [1.82, 2.24) is 30.0 Å². The number of para-hydroxylation sites is 2. The van der Waals surface area contributed by atoms with Crippen molar-refractivity contribution in [1.29, 1.82) is 0 Å². The van der Waals surface area contributed by atoms with Crippen molar-refractivity contribution in [2.45, 2.75) is 19.9 Å². The third-order valence-electron chi connectivity index (χ3n) is 4.88. The first-order valence-electron chi connectivity index (χ1n) is 9.31. The van der Waals surface area contributed by atoms with Gasteiger partial charge < -0.3 is 0 Å². The molecule has 138 valence electrons. The second-order valence-electron chi connectivity index (χ2n) is 6.88. The van der Waals surface area contributed by atoms with Gasteiger partial charge >= 0.3 is 0 Å². The Morgan fingerprint density at radius 1 is 0.607 bits per heavy atom. The maximum atomic E-state index is 4.37. The Balaban J connectivity index is 1.47. The molecular formula is C21H20N7+.